The van der Waals surface area contributed by atoms with Gasteiger partial charge in [-0.2, -0.15) is 0 Å². The zero-order valence-electron chi connectivity index (χ0n) is 14.8. The number of aryl methyl sites for hydroxylation is 3. The number of benzene rings is 2. The molecule has 2 aromatic carbocycles. The van der Waals surface area contributed by atoms with E-state index in [0.717, 1.165) is 16.7 Å². The maximum absolute atomic E-state index is 12.3. The molecular weight excluding hydrogens is 338 g/mol. The van der Waals surface area contributed by atoms with Gasteiger partial charge >= 0.3 is 11.7 Å². The molecule has 0 aliphatic carbocycles. The molecule has 0 saturated carbocycles. The lowest BCUT2D eigenvalue weighted by Gasteiger charge is -2.11. The molecule has 0 spiro atoms. The van der Waals surface area contributed by atoms with Crippen molar-refractivity contribution in [2.75, 3.05) is 13.2 Å². The van der Waals surface area contributed by atoms with Crippen LogP contribution in [0.5, 0.6) is 5.75 Å². The molecular formula is C19H19NO6. The summed E-state index contributed by atoms with van der Waals surface area (Å²) >= 11 is 0. The maximum atomic E-state index is 12.3. The summed E-state index contributed by atoms with van der Waals surface area (Å²) in [4.78, 5) is 34.4. The highest BCUT2D eigenvalue weighted by molar-refractivity contribution is 6.00. The van der Waals surface area contributed by atoms with Crippen molar-refractivity contribution in [3.05, 3.63) is 68.8 Å². The highest BCUT2D eigenvalue weighted by Gasteiger charge is 2.18. The van der Waals surface area contributed by atoms with Crippen molar-refractivity contribution in [3.63, 3.8) is 0 Å². The third kappa shape index (κ3) is 4.66. The SMILES string of the molecule is Cc1cc(C)c(C(=O)COC(=O)COc2ccccc2[N+](=O)[O-])c(C)c1. The molecule has 0 saturated heterocycles. The first-order valence-electron chi connectivity index (χ1n) is 7.92. The molecule has 0 N–H and O–H groups in total. The van der Waals surface area contributed by atoms with Crippen molar-refractivity contribution >= 4 is 17.4 Å². The Hall–Kier alpha value is -3.22. The third-order valence-corrected chi connectivity index (χ3v) is 3.73. The van der Waals surface area contributed by atoms with Gasteiger partial charge in [0, 0.05) is 11.6 Å². The van der Waals surface area contributed by atoms with Gasteiger partial charge in [0.2, 0.25) is 5.78 Å². The third-order valence-electron chi connectivity index (χ3n) is 3.73. The summed E-state index contributed by atoms with van der Waals surface area (Å²) in [6.07, 6.45) is 0. The standard InChI is InChI=1S/C19H19NO6/c1-12-8-13(2)19(14(3)9-12)16(21)10-26-18(22)11-25-17-7-5-4-6-15(17)20(23)24/h4-9H,10-11H2,1-3H3. The van der Waals surface area contributed by atoms with Crippen LogP contribution in [0.25, 0.3) is 0 Å². The van der Waals surface area contributed by atoms with E-state index in [1.807, 2.05) is 32.9 Å². The lowest BCUT2D eigenvalue weighted by molar-refractivity contribution is -0.385. The van der Waals surface area contributed by atoms with Crippen LogP contribution < -0.4 is 4.74 Å². The molecule has 26 heavy (non-hydrogen) atoms. The predicted molar refractivity (Wildman–Crippen MR) is 94.5 cm³/mol. The van der Waals surface area contributed by atoms with Gasteiger partial charge in [-0.05, 0) is 38.0 Å². The zero-order chi connectivity index (χ0) is 19.3. The Morgan fingerprint density at radius 3 is 2.27 bits per heavy atom. The lowest BCUT2D eigenvalue weighted by Crippen LogP contribution is -2.20. The summed E-state index contributed by atoms with van der Waals surface area (Å²) in [6.45, 7) is 4.65. The van der Waals surface area contributed by atoms with Crippen LogP contribution in [0.2, 0.25) is 0 Å². The average molecular weight is 357 g/mol. The van der Waals surface area contributed by atoms with Crippen LogP contribution in [0.4, 0.5) is 5.69 Å². The molecule has 2 aromatic rings. The smallest absolute Gasteiger partial charge is 0.344 e. The van der Waals surface area contributed by atoms with E-state index in [0.29, 0.717) is 5.56 Å². The van der Waals surface area contributed by atoms with E-state index in [1.165, 1.54) is 18.2 Å². The Bertz CT molecular complexity index is 836. The fourth-order valence-electron chi connectivity index (χ4n) is 2.75. The number of para-hydroxylation sites is 2. The van der Waals surface area contributed by atoms with Gasteiger partial charge in [-0.1, -0.05) is 29.8 Å². The van der Waals surface area contributed by atoms with Gasteiger partial charge in [-0.15, -0.1) is 0 Å². The number of carbonyl (C=O) groups excluding carboxylic acids is 2. The second-order valence-electron chi connectivity index (χ2n) is 5.87. The number of ketones is 1. The number of nitro benzene ring substituents is 1. The first-order chi connectivity index (χ1) is 12.3. The molecule has 0 fully saturated rings. The molecule has 136 valence electrons. The van der Waals surface area contributed by atoms with E-state index in [4.69, 9.17) is 9.47 Å². The Morgan fingerprint density at radius 1 is 1.04 bits per heavy atom. The predicted octanol–water partition coefficient (Wildman–Crippen LogP) is 3.32. The monoisotopic (exact) mass is 357 g/mol. The number of hydrogen-bond donors (Lipinski definition) is 0. The highest BCUT2D eigenvalue weighted by atomic mass is 16.6. The van der Waals surface area contributed by atoms with Gasteiger partial charge in [0.25, 0.3) is 0 Å². The van der Waals surface area contributed by atoms with Crippen molar-refractivity contribution in [1.82, 2.24) is 0 Å². The normalized spacial score (nSPS) is 10.3. The minimum Gasteiger partial charge on any atom is -0.475 e. The molecule has 0 unspecified atom stereocenters. The number of ether oxygens (including phenoxy) is 2. The number of carbonyl (C=O) groups is 2. The molecule has 0 aliphatic heterocycles. The summed E-state index contributed by atoms with van der Waals surface area (Å²) in [7, 11) is 0. The summed E-state index contributed by atoms with van der Waals surface area (Å²) in [5.41, 5.74) is 2.97. The van der Waals surface area contributed by atoms with Crippen molar-refractivity contribution in [1.29, 1.82) is 0 Å². The quantitative estimate of drug-likeness (QED) is 0.326. The van der Waals surface area contributed by atoms with E-state index in [-0.39, 0.29) is 17.2 Å². The molecule has 0 heterocycles. The summed E-state index contributed by atoms with van der Waals surface area (Å²) in [5.74, 6) is -1.12. The van der Waals surface area contributed by atoms with Gasteiger partial charge in [0.15, 0.2) is 19.0 Å². The highest BCUT2D eigenvalue weighted by Crippen LogP contribution is 2.25. The van der Waals surface area contributed by atoms with Crippen LogP contribution in [0.15, 0.2) is 36.4 Å². The van der Waals surface area contributed by atoms with Crippen LogP contribution in [0, 0.1) is 30.9 Å². The van der Waals surface area contributed by atoms with Crippen molar-refractivity contribution < 1.29 is 24.0 Å². The number of esters is 1. The second kappa shape index (κ2) is 8.24. The molecule has 7 heteroatoms. The molecule has 0 aromatic heterocycles. The Morgan fingerprint density at radius 2 is 1.65 bits per heavy atom. The van der Waals surface area contributed by atoms with Crippen LogP contribution in [-0.4, -0.2) is 29.9 Å². The molecule has 7 nitrogen and oxygen atoms in total. The van der Waals surface area contributed by atoms with E-state index in [2.05, 4.69) is 0 Å². The first kappa shape index (κ1) is 19.1. The number of rotatable bonds is 7. The zero-order valence-corrected chi connectivity index (χ0v) is 14.8. The summed E-state index contributed by atoms with van der Waals surface area (Å²) < 4.78 is 10.1. The maximum Gasteiger partial charge on any atom is 0.344 e. The van der Waals surface area contributed by atoms with Gasteiger partial charge in [0.1, 0.15) is 0 Å². The van der Waals surface area contributed by atoms with Gasteiger partial charge in [0.05, 0.1) is 4.92 Å². The molecule has 0 atom stereocenters. The number of nitrogens with zero attached hydrogens (tertiary/aromatic N) is 1. The van der Waals surface area contributed by atoms with Crippen molar-refractivity contribution in [2.45, 2.75) is 20.8 Å². The van der Waals surface area contributed by atoms with Gasteiger partial charge in [-0.3, -0.25) is 14.9 Å². The van der Waals surface area contributed by atoms with Crippen LogP contribution in [-0.2, 0) is 9.53 Å². The minimum absolute atomic E-state index is 0.0361. The average Bonchev–Trinajstić information content (AvgIpc) is 2.57. The van der Waals surface area contributed by atoms with Gasteiger partial charge < -0.3 is 9.47 Å². The number of Topliss-reactive ketones (excluding diaryl/α,β-unsaturated/α-hetero) is 1. The summed E-state index contributed by atoms with van der Waals surface area (Å²) in [6, 6.07) is 9.48. The van der Waals surface area contributed by atoms with Crippen molar-refractivity contribution in [2.24, 2.45) is 0 Å². The molecule has 0 aliphatic rings. The van der Waals surface area contributed by atoms with E-state index in [9.17, 15) is 19.7 Å². The molecule has 0 radical (unpaired) electrons. The largest absolute Gasteiger partial charge is 0.475 e. The Balaban J connectivity index is 1.94. The minimum atomic E-state index is -0.779. The topological polar surface area (TPSA) is 95.7 Å². The first-order valence-corrected chi connectivity index (χ1v) is 7.92. The Kier molecular flexibility index (Phi) is 6.06. The Labute approximate surface area is 150 Å². The van der Waals surface area contributed by atoms with Gasteiger partial charge in [-0.25, -0.2) is 4.79 Å². The summed E-state index contributed by atoms with van der Waals surface area (Å²) in [5, 5.41) is 10.9. The molecule has 2 rings (SSSR count). The van der Waals surface area contributed by atoms with Crippen LogP contribution >= 0.6 is 0 Å². The molecule has 0 amide bonds. The number of hydrogen-bond acceptors (Lipinski definition) is 6. The lowest BCUT2D eigenvalue weighted by atomic mass is 9.97. The fourth-order valence-corrected chi connectivity index (χ4v) is 2.75. The van der Waals surface area contributed by atoms with Crippen LogP contribution in [0.1, 0.15) is 27.0 Å². The van der Waals surface area contributed by atoms with E-state index >= 15 is 0 Å². The second-order valence-corrected chi connectivity index (χ2v) is 5.87. The van der Waals surface area contributed by atoms with Crippen LogP contribution in [0.3, 0.4) is 0 Å². The van der Waals surface area contributed by atoms with E-state index in [1.54, 1.807) is 6.07 Å². The fraction of sp³-hybridized carbons (Fsp3) is 0.263. The number of nitro groups is 1. The van der Waals surface area contributed by atoms with Crippen molar-refractivity contribution in [3.8, 4) is 5.75 Å². The molecule has 0 bridgehead atoms. The van der Waals surface area contributed by atoms with E-state index < -0.39 is 24.1 Å².